The topological polar surface area (TPSA) is 85.1 Å². The minimum Gasteiger partial charge on any atom is -0.326 e. The van der Waals surface area contributed by atoms with E-state index in [1.54, 1.807) is 23.5 Å². The molecule has 1 saturated carbocycles. The van der Waals surface area contributed by atoms with Gasteiger partial charge in [-0.3, -0.25) is 0 Å². The van der Waals surface area contributed by atoms with Crippen molar-refractivity contribution in [2.45, 2.75) is 30.0 Å². The molecule has 0 radical (unpaired) electrons. The number of sulfonamides is 1. The van der Waals surface area contributed by atoms with Crippen LogP contribution in [0.15, 0.2) is 21.7 Å². The molecule has 3 N–H and O–H groups in total. The predicted octanol–water partition coefficient (Wildman–Crippen LogP) is 2.62. The number of nitrogens with two attached hydrogens (primary N) is 1. The Labute approximate surface area is 144 Å². The van der Waals surface area contributed by atoms with Crippen molar-refractivity contribution in [2.24, 2.45) is 11.7 Å². The maximum absolute atomic E-state index is 12.3. The number of nitrogens with zero attached hydrogens (tertiary/aromatic N) is 1. The summed E-state index contributed by atoms with van der Waals surface area (Å²) in [6.07, 6.45) is 2.21. The van der Waals surface area contributed by atoms with E-state index in [1.165, 1.54) is 11.3 Å². The largest absolute Gasteiger partial charge is 0.326 e. The maximum Gasteiger partial charge on any atom is 0.250 e. The molecule has 3 rings (SSSR count). The highest BCUT2D eigenvalue weighted by Gasteiger charge is 2.29. The van der Waals surface area contributed by atoms with Gasteiger partial charge in [-0.25, -0.2) is 18.1 Å². The first-order valence-electron chi connectivity index (χ1n) is 6.73. The molecular weight excluding hydrogens is 362 g/mol. The highest BCUT2D eigenvalue weighted by molar-refractivity contribution is 7.91. The van der Waals surface area contributed by atoms with Gasteiger partial charge in [-0.15, -0.1) is 35.1 Å². The molecule has 22 heavy (non-hydrogen) atoms. The number of halogens is 1. The summed E-state index contributed by atoms with van der Waals surface area (Å²) in [5.74, 6) is 0.476. The number of nitrogens with one attached hydrogen (secondary N) is 1. The molecule has 0 aromatic carbocycles. The van der Waals surface area contributed by atoms with Crippen LogP contribution in [-0.2, 0) is 10.0 Å². The summed E-state index contributed by atoms with van der Waals surface area (Å²) >= 11 is 2.79. The Hall–Kier alpha value is -0.510. The van der Waals surface area contributed by atoms with Crippen LogP contribution in [0.5, 0.6) is 0 Å². The molecule has 1 aliphatic carbocycles. The maximum atomic E-state index is 12.3. The van der Waals surface area contributed by atoms with Crippen molar-refractivity contribution in [3.8, 4) is 10.6 Å². The van der Waals surface area contributed by atoms with Crippen LogP contribution in [0.1, 0.15) is 17.8 Å². The Balaban J connectivity index is 0.00000176. The third-order valence-corrected chi connectivity index (χ3v) is 7.25. The summed E-state index contributed by atoms with van der Waals surface area (Å²) in [5.41, 5.74) is 6.76. The van der Waals surface area contributed by atoms with Crippen LogP contribution in [-0.4, -0.2) is 26.0 Å². The average molecular weight is 380 g/mol. The molecule has 122 valence electrons. The predicted molar refractivity (Wildman–Crippen MR) is 93.3 cm³/mol. The van der Waals surface area contributed by atoms with Gasteiger partial charge in [0.1, 0.15) is 4.21 Å². The summed E-state index contributed by atoms with van der Waals surface area (Å²) in [6.45, 7) is 2.23. The highest BCUT2D eigenvalue weighted by atomic mass is 35.5. The zero-order valence-electron chi connectivity index (χ0n) is 12.0. The van der Waals surface area contributed by atoms with E-state index in [0.29, 0.717) is 16.7 Å². The molecule has 1 fully saturated rings. The van der Waals surface area contributed by atoms with Gasteiger partial charge >= 0.3 is 0 Å². The third-order valence-electron chi connectivity index (χ3n) is 3.45. The molecule has 0 amide bonds. The molecule has 1 unspecified atom stereocenters. The number of thiophene rings is 1. The Morgan fingerprint density at radius 3 is 2.77 bits per heavy atom. The molecule has 2 aromatic rings. The van der Waals surface area contributed by atoms with Crippen LogP contribution in [0.3, 0.4) is 0 Å². The first kappa shape index (κ1) is 17.8. The van der Waals surface area contributed by atoms with Gasteiger partial charge in [0.05, 0.1) is 15.6 Å². The van der Waals surface area contributed by atoms with Gasteiger partial charge in [0, 0.05) is 18.0 Å². The second-order valence-electron chi connectivity index (χ2n) is 5.22. The summed E-state index contributed by atoms with van der Waals surface area (Å²) in [6, 6.07) is 3.34. The summed E-state index contributed by atoms with van der Waals surface area (Å²) in [7, 11) is -3.48. The van der Waals surface area contributed by atoms with Crippen molar-refractivity contribution in [1.82, 2.24) is 9.71 Å². The number of hydrogen-bond acceptors (Lipinski definition) is 6. The molecule has 9 heteroatoms. The van der Waals surface area contributed by atoms with Gasteiger partial charge in [0.2, 0.25) is 10.0 Å². The first-order valence-corrected chi connectivity index (χ1v) is 9.91. The van der Waals surface area contributed by atoms with Crippen molar-refractivity contribution in [2.75, 3.05) is 6.54 Å². The first-order chi connectivity index (χ1) is 9.95. The molecule has 5 nitrogen and oxygen atoms in total. The van der Waals surface area contributed by atoms with E-state index in [-0.39, 0.29) is 18.4 Å². The SMILES string of the molecule is Cc1nc(-c2ccc(S(=O)(=O)NCC(N)C3CC3)s2)cs1.Cl. The fourth-order valence-electron chi connectivity index (χ4n) is 2.05. The molecule has 0 spiro atoms. The van der Waals surface area contributed by atoms with Crippen molar-refractivity contribution < 1.29 is 8.42 Å². The van der Waals surface area contributed by atoms with Crippen molar-refractivity contribution in [3.05, 3.63) is 22.5 Å². The standard InChI is InChI=1S/C13H17N3O2S3.ClH/c1-8-16-11(7-19-8)12-4-5-13(20-12)21(17,18)15-6-10(14)9-2-3-9;/h4-5,7,9-10,15H,2-3,6,14H2,1H3;1H. The molecule has 0 bridgehead atoms. The van der Waals surface area contributed by atoms with E-state index >= 15 is 0 Å². The zero-order chi connectivity index (χ0) is 15.0. The van der Waals surface area contributed by atoms with Gasteiger partial charge in [0.15, 0.2) is 0 Å². The van der Waals surface area contributed by atoms with Crippen LogP contribution in [0.2, 0.25) is 0 Å². The molecule has 2 aromatic heterocycles. The van der Waals surface area contributed by atoms with E-state index < -0.39 is 10.0 Å². The lowest BCUT2D eigenvalue weighted by atomic mass is 10.2. The smallest absolute Gasteiger partial charge is 0.250 e. The van der Waals surface area contributed by atoms with E-state index in [9.17, 15) is 8.42 Å². The Kier molecular flexibility index (Phi) is 5.63. The van der Waals surface area contributed by atoms with Crippen LogP contribution in [0, 0.1) is 12.8 Å². The van der Waals surface area contributed by atoms with Gasteiger partial charge in [-0.2, -0.15) is 0 Å². The van der Waals surface area contributed by atoms with E-state index in [4.69, 9.17) is 5.73 Å². The number of aromatic nitrogens is 1. The van der Waals surface area contributed by atoms with Gasteiger partial charge in [-0.1, -0.05) is 0 Å². The van der Waals surface area contributed by atoms with E-state index in [1.807, 2.05) is 12.3 Å². The Bertz CT molecular complexity index is 737. The van der Waals surface area contributed by atoms with Crippen LogP contribution >= 0.6 is 35.1 Å². The number of rotatable bonds is 6. The lowest BCUT2D eigenvalue weighted by Gasteiger charge is -2.10. The second kappa shape index (κ2) is 6.94. The zero-order valence-corrected chi connectivity index (χ0v) is 15.2. The monoisotopic (exact) mass is 379 g/mol. The Morgan fingerprint density at radius 1 is 1.45 bits per heavy atom. The quantitative estimate of drug-likeness (QED) is 0.807. The lowest BCUT2D eigenvalue weighted by Crippen LogP contribution is -2.38. The second-order valence-corrected chi connectivity index (χ2v) is 9.36. The van der Waals surface area contributed by atoms with E-state index in [2.05, 4.69) is 9.71 Å². The van der Waals surface area contributed by atoms with Crippen LogP contribution in [0.25, 0.3) is 10.6 Å². The minimum absolute atomic E-state index is 0. The Morgan fingerprint density at radius 2 is 2.18 bits per heavy atom. The molecule has 1 atom stereocenters. The molecule has 2 heterocycles. The fraction of sp³-hybridized carbons (Fsp3) is 0.462. The van der Waals surface area contributed by atoms with Gasteiger partial charge in [-0.05, 0) is 37.8 Å². The highest BCUT2D eigenvalue weighted by Crippen LogP contribution is 2.33. The van der Waals surface area contributed by atoms with Crippen LogP contribution < -0.4 is 10.5 Å². The summed E-state index contributed by atoms with van der Waals surface area (Å²) in [4.78, 5) is 5.24. The number of aryl methyl sites for hydroxylation is 1. The lowest BCUT2D eigenvalue weighted by molar-refractivity contribution is 0.549. The molecule has 1 aliphatic rings. The molecular formula is C13H18ClN3O2S3. The van der Waals surface area contributed by atoms with Crippen LogP contribution in [0.4, 0.5) is 0 Å². The van der Waals surface area contributed by atoms with Crippen molar-refractivity contribution >= 4 is 45.1 Å². The van der Waals surface area contributed by atoms with E-state index in [0.717, 1.165) is 28.4 Å². The molecule has 0 saturated heterocycles. The van der Waals surface area contributed by atoms with Gasteiger partial charge < -0.3 is 5.73 Å². The minimum atomic E-state index is -3.48. The normalized spacial score (nSPS) is 16.3. The third kappa shape index (κ3) is 4.06. The average Bonchev–Trinajstić information content (AvgIpc) is 3.00. The van der Waals surface area contributed by atoms with Crippen molar-refractivity contribution in [3.63, 3.8) is 0 Å². The molecule has 0 aliphatic heterocycles. The number of hydrogen-bond donors (Lipinski definition) is 2. The number of thiazole rings is 1. The summed E-state index contributed by atoms with van der Waals surface area (Å²) < 4.78 is 27.4. The van der Waals surface area contributed by atoms with Gasteiger partial charge in [0.25, 0.3) is 0 Å². The van der Waals surface area contributed by atoms with Crippen molar-refractivity contribution in [1.29, 1.82) is 0 Å². The fourth-order valence-corrected chi connectivity index (χ4v) is 5.12. The summed E-state index contributed by atoms with van der Waals surface area (Å²) in [5, 5.41) is 2.91.